The average Bonchev–Trinajstić information content (AvgIpc) is 2.97. The van der Waals surface area contributed by atoms with E-state index in [4.69, 9.17) is 9.26 Å². The summed E-state index contributed by atoms with van der Waals surface area (Å²) in [5, 5.41) is 6.94. The highest BCUT2D eigenvalue weighted by Crippen LogP contribution is 2.46. The van der Waals surface area contributed by atoms with E-state index in [0.29, 0.717) is 31.8 Å². The number of nitrogens with one attached hydrogen (secondary N) is 1. The Morgan fingerprint density at radius 1 is 1.19 bits per heavy atom. The number of ether oxygens (including phenoxy) is 1. The van der Waals surface area contributed by atoms with Crippen molar-refractivity contribution in [2.24, 2.45) is 5.92 Å². The number of rotatable bonds is 2. The summed E-state index contributed by atoms with van der Waals surface area (Å²) in [4.78, 5) is 4.18. The van der Waals surface area contributed by atoms with Crippen LogP contribution in [0.25, 0.3) is 0 Å². The summed E-state index contributed by atoms with van der Waals surface area (Å²) in [5.41, 5.74) is 0. The lowest BCUT2D eigenvalue weighted by molar-refractivity contribution is -0.189. The Kier molecular flexibility index (Phi) is 4.17. The topological polar surface area (TPSA) is 60.2 Å². The molecule has 0 amide bonds. The van der Waals surface area contributed by atoms with Crippen LogP contribution in [0.4, 0.5) is 13.2 Å². The summed E-state index contributed by atoms with van der Waals surface area (Å²) >= 11 is 0. The number of hydrogen-bond acceptors (Lipinski definition) is 5. The standard InChI is InChI=1S/C13H18F3N3O2/c14-13(15,16)9-4-2-1-3-8(9)12-18-11(19-21-12)10-7-17-5-6-20-10/h8-10,17H,1-7H2. The molecular formula is C13H18F3N3O2. The minimum absolute atomic E-state index is 0.0983. The minimum atomic E-state index is -4.22. The van der Waals surface area contributed by atoms with Crippen LogP contribution in [0.15, 0.2) is 4.52 Å². The fourth-order valence-corrected chi connectivity index (χ4v) is 3.08. The van der Waals surface area contributed by atoms with E-state index in [1.54, 1.807) is 0 Å². The third kappa shape index (κ3) is 3.21. The SMILES string of the molecule is FC(F)(F)C1CCCCC1c1nc(C2CNCCO2)no1. The average molecular weight is 305 g/mol. The van der Waals surface area contributed by atoms with Crippen molar-refractivity contribution in [3.63, 3.8) is 0 Å². The highest BCUT2D eigenvalue weighted by Gasteiger charge is 2.48. The van der Waals surface area contributed by atoms with Crippen LogP contribution in [0, 0.1) is 5.92 Å². The maximum atomic E-state index is 13.1. The van der Waals surface area contributed by atoms with Gasteiger partial charge in [0, 0.05) is 19.0 Å². The number of halogens is 3. The molecular weight excluding hydrogens is 287 g/mol. The predicted molar refractivity (Wildman–Crippen MR) is 66.6 cm³/mol. The number of aromatic nitrogens is 2. The monoisotopic (exact) mass is 305 g/mol. The van der Waals surface area contributed by atoms with Gasteiger partial charge in [0.2, 0.25) is 11.7 Å². The Bertz CT molecular complexity index is 471. The lowest BCUT2D eigenvalue weighted by atomic mass is 9.78. The van der Waals surface area contributed by atoms with Crippen molar-refractivity contribution in [3.05, 3.63) is 11.7 Å². The first-order valence-electron chi connectivity index (χ1n) is 7.28. The van der Waals surface area contributed by atoms with E-state index in [2.05, 4.69) is 15.5 Å². The van der Waals surface area contributed by atoms with E-state index >= 15 is 0 Å². The van der Waals surface area contributed by atoms with Gasteiger partial charge in [0.05, 0.1) is 12.5 Å². The van der Waals surface area contributed by atoms with Gasteiger partial charge >= 0.3 is 6.18 Å². The summed E-state index contributed by atoms with van der Waals surface area (Å²) in [6, 6.07) is 0. The van der Waals surface area contributed by atoms with Crippen molar-refractivity contribution in [3.8, 4) is 0 Å². The number of hydrogen-bond donors (Lipinski definition) is 1. The molecule has 1 aromatic rings. The van der Waals surface area contributed by atoms with E-state index < -0.39 is 18.0 Å². The third-order valence-electron chi connectivity index (χ3n) is 4.18. The van der Waals surface area contributed by atoms with Gasteiger partial charge in [0.15, 0.2) is 0 Å². The number of alkyl halides is 3. The van der Waals surface area contributed by atoms with E-state index in [0.717, 1.165) is 13.0 Å². The van der Waals surface area contributed by atoms with Crippen molar-refractivity contribution in [1.82, 2.24) is 15.5 Å². The molecule has 3 rings (SSSR count). The van der Waals surface area contributed by atoms with Crippen molar-refractivity contribution in [2.75, 3.05) is 19.7 Å². The Labute approximate surface area is 120 Å². The van der Waals surface area contributed by atoms with Crippen molar-refractivity contribution < 1.29 is 22.4 Å². The van der Waals surface area contributed by atoms with Gasteiger partial charge in [0.1, 0.15) is 6.10 Å². The molecule has 0 spiro atoms. The van der Waals surface area contributed by atoms with Crippen LogP contribution in [-0.4, -0.2) is 36.0 Å². The molecule has 118 valence electrons. The smallest absolute Gasteiger partial charge is 0.367 e. The molecule has 1 aliphatic heterocycles. The summed E-state index contributed by atoms with van der Waals surface area (Å²) in [5.74, 6) is -1.67. The van der Waals surface area contributed by atoms with Crippen LogP contribution in [0.3, 0.4) is 0 Å². The molecule has 2 heterocycles. The summed E-state index contributed by atoms with van der Waals surface area (Å²) in [6.45, 7) is 1.83. The molecule has 1 saturated heterocycles. The molecule has 21 heavy (non-hydrogen) atoms. The summed E-state index contributed by atoms with van der Waals surface area (Å²) in [6.07, 6.45) is -2.64. The molecule has 1 N–H and O–H groups in total. The van der Waals surface area contributed by atoms with Gasteiger partial charge in [0.25, 0.3) is 0 Å². The second-order valence-corrected chi connectivity index (χ2v) is 5.59. The fourth-order valence-electron chi connectivity index (χ4n) is 3.08. The Morgan fingerprint density at radius 2 is 2.00 bits per heavy atom. The highest BCUT2D eigenvalue weighted by atomic mass is 19.4. The van der Waals surface area contributed by atoms with Gasteiger partial charge in [-0.1, -0.05) is 18.0 Å². The first-order valence-corrected chi connectivity index (χ1v) is 7.28. The van der Waals surface area contributed by atoms with Crippen LogP contribution < -0.4 is 5.32 Å². The molecule has 0 bridgehead atoms. The van der Waals surface area contributed by atoms with Crippen molar-refractivity contribution in [1.29, 1.82) is 0 Å². The number of morpholine rings is 1. The normalized spacial score (nSPS) is 31.3. The lowest BCUT2D eigenvalue weighted by Gasteiger charge is -2.30. The summed E-state index contributed by atoms with van der Waals surface area (Å²) in [7, 11) is 0. The fraction of sp³-hybridized carbons (Fsp3) is 0.846. The maximum Gasteiger partial charge on any atom is 0.392 e. The van der Waals surface area contributed by atoms with E-state index in [1.807, 2.05) is 0 Å². The Balaban J connectivity index is 1.77. The van der Waals surface area contributed by atoms with Crippen molar-refractivity contribution in [2.45, 2.75) is 43.9 Å². The van der Waals surface area contributed by atoms with Crippen LogP contribution in [0.5, 0.6) is 0 Å². The van der Waals surface area contributed by atoms with Gasteiger partial charge in [-0.15, -0.1) is 0 Å². The minimum Gasteiger partial charge on any atom is -0.367 e. The molecule has 3 atom stereocenters. The van der Waals surface area contributed by atoms with Gasteiger partial charge in [-0.25, -0.2) is 0 Å². The Morgan fingerprint density at radius 3 is 2.71 bits per heavy atom. The van der Waals surface area contributed by atoms with Gasteiger partial charge in [-0.2, -0.15) is 18.2 Å². The number of nitrogens with zero attached hydrogens (tertiary/aromatic N) is 2. The van der Waals surface area contributed by atoms with Crippen LogP contribution >= 0.6 is 0 Å². The van der Waals surface area contributed by atoms with E-state index in [-0.39, 0.29) is 18.4 Å². The molecule has 1 aromatic heterocycles. The molecule has 1 aliphatic carbocycles. The highest BCUT2D eigenvalue weighted by molar-refractivity contribution is 5.02. The van der Waals surface area contributed by atoms with E-state index in [1.165, 1.54) is 0 Å². The first kappa shape index (κ1) is 14.8. The van der Waals surface area contributed by atoms with Crippen LogP contribution in [-0.2, 0) is 4.74 Å². The Hall–Kier alpha value is -1.15. The lowest BCUT2D eigenvalue weighted by Crippen LogP contribution is -2.34. The van der Waals surface area contributed by atoms with Crippen molar-refractivity contribution >= 4 is 0 Å². The molecule has 8 heteroatoms. The second-order valence-electron chi connectivity index (χ2n) is 5.59. The molecule has 5 nitrogen and oxygen atoms in total. The second kappa shape index (κ2) is 5.92. The van der Waals surface area contributed by atoms with Crippen LogP contribution in [0.2, 0.25) is 0 Å². The third-order valence-corrected chi connectivity index (χ3v) is 4.18. The summed E-state index contributed by atoms with van der Waals surface area (Å²) < 4.78 is 49.9. The molecule has 2 fully saturated rings. The zero-order valence-corrected chi connectivity index (χ0v) is 11.5. The largest absolute Gasteiger partial charge is 0.392 e. The molecule has 1 saturated carbocycles. The quantitative estimate of drug-likeness (QED) is 0.910. The molecule has 2 aliphatic rings. The maximum absolute atomic E-state index is 13.1. The van der Waals surface area contributed by atoms with Gasteiger partial charge < -0.3 is 14.6 Å². The zero-order chi connectivity index (χ0) is 14.9. The molecule has 0 aromatic carbocycles. The van der Waals surface area contributed by atoms with E-state index in [9.17, 15) is 13.2 Å². The van der Waals surface area contributed by atoms with Gasteiger partial charge in [-0.3, -0.25) is 0 Å². The molecule has 0 radical (unpaired) electrons. The molecule has 3 unspecified atom stereocenters. The van der Waals surface area contributed by atoms with Crippen LogP contribution in [0.1, 0.15) is 49.4 Å². The predicted octanol–water partition coefficient (Wildman–Crippen LogP) is 2.57. The zero-order valence-electron chi connectivity index (χ0n) is 11.5. The first-order chi connectivity index (χ1) is 10.1. The van der Waals surface area contributed by atoms with Gasteiger partial charge in [-0.05, 0) is 12.8 Å².